The minimum absolute atomic E-state index is 0.533. The van der Waals surface area contributed by atoms with Crippen LogP contribution in [0.2, 0.25) is 0 Å². The molecule has 84 valence electrons. The fourth-order valence-electron chi connectivity index (χ4n) is 1.72. The van der Waals surface area contributed by atoms with Crippen LogP contribution < -0.4 is 5.32 Å². The van der Waals surface area contributed by atoms with Gasteiger partial charge >= 0.3 is 0 Å². The van der Waals surface area contributed by atoms with Crippen LogP contribution in [0.4, 0.5) is 0 Å². The van der Waals surface area contributed by atoms with E-state index in [2.05, 4.69) is 43.2 Å². The van der Waals surface area contributed by atoms with Crippen LogP contribution in [-0.4, -0.2) is 18.1 Å². The molecule has 0 fully saturated rings. The number of aryl methyl sites for hydroxylation is 1. The van der Waals surface area contributed by atoms with Crippen LogP contribution in [0, 0.1) is 12.8 Å². The Kier molecular flexibility index (Phi) is 4.76. The van der Waals surface area contributed by atoms with Gasteiger partial charge < -0.3 is 5.32 Å². The Labute approximate surface area is 93.1 Å². The average molecular weight is 206 g/mol. The van der Waals surface area contributed by atoms with E-state index in [-0.39, 0.29) is 0 Å². The molecule has 0 radical (unpaired) electrons. The first-order chi connectivity index (χ1) is 7.17. The van der Waals surface area contributed by atoms with Crippen molar-refractivity contribution in [2.45, 2.75) is 39.7 Å². The molecule has 0 aliphatic carbocycles. The summed E-state index contributed by atoms with van der Waals surface area (Å²) >= 11 is 0. The maximum absolute atomic E-state index is 4.44. The van der Waals surface area contributed by atoms with E-state index in [4.69, 9.17) is 0 Å². The molecule has 1 heterocycles. The number of aromatic nitrogens is 1. The first kappa shape index (κ1) is 12.2. The van der Waals surface area contributed by atoms with Gasteiger partial charge in [0, 0.05) is 24.4 Å². The van der Waals surface area contributed by atoms with Gasteiger partial charge in [-0.3, -0.25) is 4.98 Å². The van der Waals surface area contributed by atoms with Gasteiger partial charge in [0.05, 0.1) is 0 Å². The third-order valence-corrected chi connectivity index (χ3v) is 3.10. The van der Waals surface area contributed by atoms with Crippen LogP contribution in [0.15, 0.2) is 18.3 Å². The maximum atomic E-state index is 4.44. The van der Waals surface area contributed by atoms with Crippen LogP contribution in [0.5, 0.6) is 0 Å². The number of pyridine rings is 1. The highest BCUT2D eigenvalue weighted by Gasteiger charge is 2.14. The summed E-state index contributed by atoms with van der Waals surface area (Å²) in [6.07, 6.45) is 4.17. The van der Waals surface area contributed by atoms with E-state index >= 15 is 0 Å². The minimum atomic E-state index is 0.533. The van der Waals surface area contributed by atoms with Crippen molar-refractivity contribution in [2.75, 3.05) is 7.05 Å². The molecule has 0 aliphatic heterocycles. The Balaban J connectivity index is 2.62. The van der Waals surface area contributed by atoms with Gasteiger partial charge in [0.25, 0.3) is 0 Å². The Morgan fingerprint density at radius 1 is 1.40 bits per heavy atom. The quantitative estimate of drug-likeness (QED) is 0.801. The van der Waals surface area contributed by atoms with Gasteiger partial charge in [-0.05, 0) is 31.5 Å². The Bertz CT molecular complexity index is 279. The predicted molar refractivity (Wildman–Crippen MR) is 65.0 cm³/mol. The summed E-state index contributed by atoms with van der Waals surface area (Å²) in [5, 5.41) is 3.38. The van der Waals surface area contributed by atoms with Crippen LogP contribution in [0.1, 0.15) is 31.5 Å². The SMILES string of the molecule is CCC(C)C(Cc1ccc(C)cn1)NC. The monoisotopic (exact) mass is 206 g/mol. The molecule has 1 aromatic rings. The molecule has 2 unspecified atom stereocenters. The van der Waals surface area contributed by atoms with Crippen molar-refractivity contribution >= 4 is 0 Å². The van der Waals surface area contributed by atoms with Crippen molar-refractivity contribution in [2.24, 2.45) is 5.92 Å². The molecule has 2 heteroatoms. The number of hydrogen-bond donors (Lipinski definition) is 1. The zero-order chi connectivity index (χ0) is 11.3. The lowest BCUT2D eigenvalue weighted by atomic mass is 9.95. The number of nitrogens with zero attached hydrogens (tertiary/aromatic N) is 1. The van der Waals surface area contributed by atoms with E-state index in [0.717, 1.165) is 6.42 Å². The first-order valence-corrected chi connectivity index (χ1v) is 5.76. The average Bonchev–Trinajstić information content (AvgIpc) is 2.27. The topological polar surface area (TPSA) is 24.9 Å². The molecular weight excluding hydrogens is 184 g/mol. The summed E-state index contributed by atoms with van der Waals surface area (Å²) in [7, 11) is 2.03. The highest BCUT2D eigenvalue weighted by Crippen LogP contribution is 2.12. The molecule has 0 spiro atoms. The van der Waals surface area contributed by atoms with Gasteiger partial charge in [0.2, 0.25) is 0 Å². The Morgan fingerprint density at radius 3 is 2.60 bits per heavy atom. The van der Waals surface area contributed by atoms with E-state index in [9.17, 15) is 0 Å². The second-order valence-corrected chi connectivity index (χ2v) is 4.31. The molecule has 1 aromatic heterocycles. The molecular formula is C13H22N2. The molecule has 0 bridgehead atoms. The third-order valence-electron chi connectivity index (χ3n) is 3.10. The van der Waals surface area contributed by atoms with Crippen molar-refractivity contribution in [3.8, 4) is 0 Å². The Morgan fingerprint density at radius 2 is 2.13 bits per heavy atom. The largest absolute Gasteiger partial charge is 0.316 e. The first-order valence-electron chi connectivity index (χ1n) is 5.76. The predicted octanol–water partition coefficient (Wildman–Crippen LogP) is 2.57. The van der Waals surface area contributed by atoms with E-state index in [1.54, 1.807) is 0 Å². The molecule has 2 atom stereocenters. The van der Waals surface area contributed by atoms with Crippen molar-refractivity contribution in [1.29, 1.82) is 0 Å². The third kappa shape index (κ3) is 3.63. The molecule has 1 N–H and O–H groups in total. The summed E-state index contributed by atoms with van der Waals surface area (Å²) in [5.74, 6) is 0.693. The van der Waals surface area contributed by atoms with Gasteiger partial charge in [-0.25, -0.2) is 0 Å². The number of likely N-dealkylation sites (N-methyl/N-ethyl adjacent to an activating group) is 1. The highest BCUT2D eigenvalue weighted by atomic mass is 14.9. The van der Waals surface area contributed by atoms with Crippen LogP contribution >= 0.6 is 0 Å². The molecule has 0 amide bonds. The molecule has 1 rings (SSSR count). The Hall–Kier alpha value is -0.890. The number of hydrogen-bond acceptors (Lipinski definition) is 2. The second-order valence-electron chi connectivity index (χ2n) is 4.31. The lowest BCUT2D eigenvalue weighted by Crippen LogP contribution is -2.34. The molecule has 0 saturated carbocycles. The molecule has 2 nitrogen and oxygen atoms in total. The van der Waals surface area contributed by atoms with Gasteiger partial charge in [0.15, 0.2) is 0 Å². The summed E-state index contributed by atoms with van der Waals surface area (Å²) in [5.41, 5.74) is 2.41. The van der Waals surface area contributed by atoms with Crippen molar-refractivity contribution in [1.82, 2.24) is 10.3 Å². The normalized spacial score (nSPS) is 14.9. The summed E-state index contributed by atoms with van der Waals surface area (Å²) < 4.78 is 0. The van der Waals surface area contributed by atoms with Gasteiger partial charge in [-0.1, -0.05) is 26.3 Å². The van der Waals surface area contributed by atoms with Crippen LogP contribution in [-0.2, 0) is 6.42 Å². The molecule has 15 heavy (non-hydrogen) atoms. The van der Waals surface area contributed by atoms with E-state index in [0.29, 0.717) is 12.0 Å². The fraction of sp³-hybridized carbons (Fsp3) is 0.615. The number of rotatable bonds is 5. The molecule has 0 aromatic carbocycles. The highest BCUT2D eigenvalue weighted by molar-refractivity contribution is 5.13. The fourth-order valence-corrected chi connectivity index (χ4v) is 1.72. The summed E-state index contributed by atoms with van der Waals surface area (Å²) in [6, 6.07) is 4.79. The smallest absolute Gasteiger partial charge is 0.0419 e. The minimum Gasteiger partial charge on any atom is -0.316 e. The van der Waals surface area contributed by atoms with Gasteiger partial charge in [-0.2, -0.15) is 0 Å². The van der Waals surface area contributed by atoms with Gasteiger partial charge in [0.1, 0.15) is 0 Å². The molecule has 0 saturated heterocycles. The maximum Gasteiger partial charge on any atom is 0.0419 e. The van der Waals surface area contributed by atoms with Gasteiger partial charge in [-0.15, -0.1) is 0 Å². The van der Waals surface area contributed by atoms with Crippen molar-refractivity contribution in [3.05, 3.63) is 29.6 Å². The van der Waals surface area contributed by atoms with Crippen LogP contribution in [0.3, 0.4) is 0 Å². The van der Waals surface area contributed by atoms with E-state index in [1.807, 2.05) is 13.2 Å². The molecule has 0 aliphatic rings. The zero-order valence-corrected chi connectivity index (χ0v) is 10.2. The summed E-state index contributed by atoms with van der Waals surface area (Å²) in [6.45, 7) is 6.59. The van der Waals surface area contributed by atoms with Crippen LogP contribution in [0.25, 0.3) is 0 Å². The lowest BCUT2D eigenvalue weighted by Gasteiger charge is -2.22. The van der Waals surface area contributed by atoms with E-state index in [1.165, 1.54) is 17.7 Å². The standard InChI is InChI=1S/C13H22N2/c1-5-11(3)13(14-4)8-12-7-6-10(2)9-15-12/h6-7,9,11,13-14H,5,8H2,1-4H3. The van der Waals surface area contributed by atoms with E-state index < -0.39 is 0 Å². The second kappa shape index (κ2) is 5.86. The summed E-state index contributed by atoms with van der Waals surface area (Å²) in [4.78, 5) is 4.44. The zero-order valence-electron chi connectivity index (χ0n) is 10.2. The van der Waals surface area contributed by atoms with Crippen molar-refractivity contribution in [3.63, 3.8) is 0 Å². The van der Waals surface area contributed by atoms with Crippen molar-refractivity contribution < 1.29 is 0 Å². The lowest BCUT2D eigenvalue weighted by molar-refractivity contribution is 0.384. The number of nitrogens with one attached hydrogen (secondary N) is 1.